The van der Waals surface area contributed by atoms with Crippen molar-refractivity contribution in [1.29, 1.82) is 0 Å². The molecule has 4 aromatic carbocycles. The second kappa shape index (κ2) is 10.7. The van der Waals surface area contributed by atoms with Gasteiger partial charge in [0, 0.05) is 11.9 Å². The lowest BCUT2D eigenvalue weighted by atomic mass is 10.0. The summed E-state index contributed by atoms with van der Waals surface area (Å²) < 4.78 is 66.8. The van der Waals surface area contributed by atoms with Gasteiger partial charge in [-0.2, -0.15) is 16.8 Å². The molecule has 0 aliphatic carbocycles. The van der Waals surface area contributed by atoms with E-state index in [0.717, 1.165) is 22.8 Å². The van der Waals surface area contributed by atoms with E-state index in [1.165, 1.54) is 42.0 Å². The van der Waals surface area contributed by atoms with Crippen LogP contribution in [0.3, 0.4) is 0 Å². The molecular weight excluding hydrogens is 524 g/mol. The van der Waals surface area contributed by atoms with Crippen LogP contribution in [0.4, 0.5) is 11.4 Å². The molecule has 0 amide bonds. The van der Waals surface area contributed by atoms with Gasteiger partial charge in [0.25, 0.3) is 20.2 Å². The Bertz CT molecular complexity index is 1760. The van der Waals surface area contributed by atoms with Crippen LogP contribution in [0.25, 0.3) is 23.3 Å². The maximum absolute atomic E-state index is 12.1. The Morgan fingerprint density at radius 1 is 0.684 bits per heavy atom. The van der Waals surface area contributed by atoms with E-state index in [1.807, 2.05) is 55.5 Å². The Morgan fingerprint density at radius 2 is 1.18 bits per heavy atom. The highest BCUT2D eigenvalue weighted by Crippen LogP contribution is 2.27. The molecule has 4 rings (SSSR count). The molecule has 38 heavy (non-hydrogen) atoms. The van der Waals surface area contributed by atoms with Crippen molar-refractivity contribution in [3.05, 3.63) is 107 Å². The van der Waals surface area contributed by atoms with E-state index >= 15 is 0 Å². The van der Waals surface area contributed by atoms with E-state index in [1.54, 1.807) is 12.3 Å². The first-order chi connectivity index (χ1) is 17.9. The van der Waals surface area contributed by atoms with Crippen LogP contribution in [-0.2, 0) is 20.2 Å². The highest BCUT2D eigenvalue weighted by atomic mass is 32.2. The molecule has 0 bridgehead atoms. The molecule has 10 heteroatoms. The summed E-state index contributed by atoms with van der Waals surface area (Å²) in [5.74, 6) is 0. The molecule has 0 spiro atoms. The highest BCUT2D eigenvalue weighted by molar-refractivity contribution is 7.86. The lowest BCUT2D eigenvalue weighted by molar-refractivity contribution is 0.480. The van der Waals surface area contributed by atoms with Gasteiger partial charge >= 0.3 is 0 Å². The Balaban J connectivity index is 1.61. The molecule has 4 N–H and O–H groups in total. The zero-order valence-corrected chi connectivity index (χ0v) is 21.8. The summed E-state index contributed by atoms with van der Waals surface area (Å²) >= 11 is 0. The number of aryl methyl sites for hydroxylation is 1. The summed E-state index contributed by atoms with van der Waals surface area (Å²) in [7, 11) is -9.22. The van der Waals surface area contributed by atoms with Crippen molar-refractivity contribution in [3.8, 4) is 11.1 Å². The average molecular weight is 549 g/mol. The predicted molar refractivity (Wildman–Crippen MR) is 150 cm³/mol. The molecule has 0 saturated carbocycles. The van der Waals surface area contributed by atoms with Crippen LogP contribution >= 0.6 is 0 Å². The first-order valence-electron chi connectivity index (χ1n) is 11.3. The Morgan fingerprint density at radius 3 is 1.74 bits per heavy atom. The van der Waals surface area contributed by atoms with Crippen LogP contribution in [0.5, 0.6) is 0 Å². The third-order valence-corrected chi connectivity index (χ3v) is 7.51. The fraction of sp³-hybridized carbons (Fsp3) is 0.0357. The van der Waals surface area contributed by atoms with Crippen molar-refractivity contribution in [1.82, 2.24) is 0 Å². The quantitative estimate of drug-likeness (QED) is 0.117. The van der Waals surface area contributed by atoms with Crippen molar-refractivity contribution in [2.24, 2.45) is 4.99 Å². The largest absolute Gasteiger partial charge is 0.399 e. The van der Waals surface area contributed by atoms with E-state index in [4.69, 9.17) is 5.73 Å². The van der Waals surface area contributed by atoms with Gasteiger partial charge in [-0.3, -0.25) is 14.1 Å². The smallest absolute Gasteiger partial charge is 0.295 e. The summed E-state index contributed by atoms with van der Waals surface area (Å²) in [5, 5.41) is 0. The number of rotatable bonds is 7. The lowest BCUT2D eigenvalue weighted by Gasteiger charge is -2.07. The minimum absolute atomic E-state index is 0.0826. The van der Waals surface area contributed by atoms with Crippen molar-refractivity contribution in [3.63, 3.8) is 0 Å². The Kier molecular flexibility index (Phi) is 7.61. The second-order valence-corrected chi connectivity index (χ2v) is 11.3. The summed E-state index contributed by atoms with van der Waals surface area (Å²) in [6, 6.07) is 23.9. The maximum atomic E-state index is 12.1. The van der Waals surface area contributed by atoms with Crippen molar-refractivity contribution in [2.75, 3.05) is 5.73 Å². The molecule has 0 atom stereocenters. The van der Waals surface area contributed by atoms with Crippen LogP contribution in [0, 0.1) is 6.92 Å². The SMILES string of the molecule is Cc1ccc(-c2ccc(C=Nc3ccc(/C=C/c4ccc(N)cc4S(=O)(=O)O)c(S(=O)(=O)O)c3)cc2)cc1. The fourth-order valence-corrected chi connectivity index (χ4v) is 5.14. The monoisotopic (exact) mass is 548 g/mol. The third kappa shape index (κ3) is 6.61. The minimum atomic E-state index is -4.64. The molecule has 0 fully saturated rings. The van der Waals surface area contributed by atoms with Crippen LogP contribution in [0.1, 0.15) is 22.3 Å². The van der Waals surface area contributed by atoms with E-state index < -0.39 is 30.0 Å². The van der Waals surface area contributed by atoms with Gasteiger partial charge in [0.1, 0.15) is 9.79 Å². The summed E-state index contributed by atoms with van der Waals surface area (Å²) in [4.78, 5) is 3.48. The minimum Gasteiger partial charge on any atom is -0.399 e. The molecule has 0 aliphatic heterocycles. The molecule has 194 valence electrons. The molecule has 0 saturated heterocycles. The maximum Gasteiger partial charge on any atom is 0.295 e. The number of aliphatic imine (C=N–C) groups is 1. The summed E-state index contributed by atoms with van der Waals surface area (Å²) in [6.45, 7) is 2.03. The first-order valence-corrected chi connectivity index (χ1v) is 14.2. The van der Waals surface area contributed by atoms with Crippen LogP contribution in [-0.4, -0.2) is 32.2 Å². The lowest BCUT2D eigenvalue weighted by Crippen LogP contribution is -2.02. The number of nitrogens with zero attached hydrogens (tertiary/aromatic N) is 1. The second-order valence-electron chi connectivity index (χ2n) is 8.55. The zero-order chi connectivity index (χ0) is 27.5. The van der Waals surface area contributed by atoms with Gasteiger partial charge in [0.05, 0.1) is 5.69 Å². The third-order valence-electron chi connectivity index (χ3n) is 5.69. The summed E-state index contributed by atoms with van der Waals surface area (Å²) in [6.07, 6.45) is 4.18. The van der Waals surface area contributed by atoms with Crippen LogP contribution in [0.2, 0.25) is 0 Å². The first kappa shape index (κ1) is 27.0. The molecule has 0 aliphatic rings. The van der Waals surface area contributed by atoms with Gasteiger partial charge in [-0.1, -0.05) is 78.4 Å². The molecule has 8 nitrogen and oxygen atoms in total. The van der Waals surface area contributed by atoms with Crippen molar-refractivity contribution in [2.45, 2.75) is 16.7 Å². The normalized spacial score (nSPS) is 12.4. The molecule has 0 aromatic heterocycles. The molecule has 0 radical (unpaired) electrons. The molecular formula is C28H24N2O6S2. The average Bonchev–Trinajstić information content (AvgIpc) is 2.86. The molecule has 0 unspecified atom stereocenters. The van der Waals surface area contributed by atoms with Crippen molar-refractivity contribution >= 4 is 50.0 Å². The Labute approximate surface area is 221 Å². The van der Waals surface area contributed by atoms with Gasteiger partial charge in [0.15, 0.2) is 0 Å². The van der Waals surface area contributed by atoms with Crippen LogP contribution in [0.15, 0.2) is 99.7 Å². The van der Waals surface area contributed by atoms with E-state index in [9.17, 15) is 25.9 Å². The molecule has 4 aromatic rings. The van der Waals surface area contributed by atoms with Gasteiger partial charge in [-0.05, 0) is 59.0 Å². The number of nitrogen functional groups attached to an aromatic ring is 1. The summed E-state index contributed by atoms with van der Waals surface area (Å²) in [5.41, 5.74) is 10.3. The van der Waals surface area contributed by atoms with E-state index in [2.05, 4.69) is 4.99 Å². The number of benzene rings is 4. The van der Waals surface area contributed by atoms with E-state index in [-0.39, 0.29) is 22.5 Å². The van der Waals surface area contributed by atoms with Crippen LogP contribution < -0.4 is 5.73 Å². The number of hydrogen-bond donors (Lipinski definition) is 3. The number of nitrogens with two attached hydrogens (primary N) is 1. The number of hydrogen-bond acceptors (Lipinski definition) is 6. The van der Waals surface area contributed by atoms with Gasteiger partial charge in [-0.25, -0.2) is 0 Å². The zero-order valence-electron chi connectivity index (χ0n) is 20.2. The standard InChI is InChI=1S/C28H24N2O6S2/c1-19-2-6-21(7-3-19)22-8-4-20(5-9-22)18-30-26-15-13-24(28(17-26)38(34,35)36)11-10-23-12-14-25(29)16-27(23)37(31,32)33/h2-18H,29H2,1H3,(H,31,32,33)(H,34,35,36)/b11-10+,30-18?. The van der Waals surface area contributed by atoms with Gasteiger partial charge < -0.3 is 5.73 Å². The van der Waals surface area contributed by atoms with Gasteiger partial charge in [0.2, 0.25) is 0 Å². The number of anilines is 1. The Hall–Kier alpha value is -4.09. The highest BCUT2D eigenvalue weighted by Gasteiger charge is 2.17. The van der Waals surface area contributed by atoms with Crippen molar-refractivity contribution < 1.29 is 25.9 Å². The predicted octanol–water partition coefficient (Wildman–Crippen LogP) is 5.66. The van der Waals surface area contributed by atoms with E-state index in [0.29, 0.717) is 0 Å². The fourth-order valence-electron chi connectivity index (χ4n) is 3.71. The molecule has 0 heterocycles. The van der Waals surface area contributed by atoms with Gasteiger partial charge in [-0.15, -0.1) is 0 Å². The topological polar surface area (TPSA) is 147 Å².